The van der Waals surface area contributed by atoms with Crippen molar-refractivity contribution in [1.82, 2.24) is 10.6 Å². The van der Waals surface area contributed by atoms with Gasteiger partial charge in [0.1, 0.15) is 6.54 Å². The Morgan fingerprint density at radius 2 is 1.86 bits per heavy atom. The van der Waals surface area contributed by atoms with Crippen LogP contribution in [0.5, 0.6) is 0 Å². The number of nitrogens with one attached hydrogen (secondary N) is 2. The van der Waals surface area contributed by atoms with Crippen LogP contribution in [0.15, 0.2) is 24.3 Å². The van der Waals surface area contributed by atoms with Crippen LogP contribution in [0.1, 0.15) is 24.9 Å². The van der Waals surface area contributed by atoms with Crippen LogP contribution in [-0.4, -0.2) is 31.4 Å². The Kier molecular flexibility index (Phi) is 6.68. The average Bonchev–Trinajstić information content (AvgIpc) is 2.44. The van der Waals surface area contributed by atoms with Crippen molar-refractivity contribution in [2.45, 2.75) is 19.4 Å². The maximum Gasteiger partial charge on any atom is 0.325 e. The second kappa shape index (κ2) is 8.26. The quantitative estimate of drug-likeness (QED) is 0.773. The molecule has 2 amide bonds. The molecule has 0 aliphatic rings. The molecule has 0 aromatic heterocycles. The number of hydrogen-bond acceptors (Lipinski definition) is 4. The maximum atomic E-state index is 11.8. The zero-order valence-electron chi connectivity index (χ0n) is 11.8. The molecule has 6 nitrogen and oxygen atoms in total. The van der Waals surface area contributed by atoms with Gasteiger partial charge < -0.3 is 15.4 Å². The molecule has 0 radical (unpaired) electrons. The maximum absolute atomic E-state index is 11.8. The van der Waals surface area contributed by atoms with Crippen LogP contribution in [0.4, 0.5) is 0 Å². The van der Waals surface area contributed by atoms with Crippen LogP contribution in [0.25, 0.3) is 0 Å². The summed E-state index contributed by atoms with van der Waals surface area (Å²) in [5.41, 5.74) is 0.753. The first kappa shape index (κ1) is 17.0. The molecule has 0 saturated heterocycles. The minimum absolute atomic E-state index is 0.0121. The average molecular weight is 313 g/mol. The molecule has 1 rings (SSSR count). The Morgan fingerprint density at radius 1 is 1.24 bits per heavy atom. The second-order valence-electron chi connectivity index (χ2n) is 4.36. The van der Waals surface area contributed by atoms with Crippen LogP contribution in [0.2, 0.25) is 5.02 Å². The third-order valence-corrected chi connectivity index (χ3v) is 2.95. The molecule has 21 heavy (non-hydrogen) atoms. The van der Waals surface area contributed by atoms with Crippen LogP contribution < -0.4 is 10.6 Å². The molecule has 1 atom stereocenters. The Bertz CT molecular complexity index is 516. The van der Waals surface area contributed by atoms with Gasteiger partial charge in [0.15, 0.2) is 0 Å². The lowest BCUT2D eigenvalue weighted by Gasteiger charge is -2.18. The smallest absolute Gasteiger partial charge is 0.325 e. The van der Waals surface area contributed by atoms with E-state index in [2.05, 4.69) is 15.4 Å². The molecule has 1 aromatic rings. The topological polar surface area (TPSA) is 84.5 Å². The van der Waals surface area contributed by atoms with Gasteiger partial charge >= 0.3 is 5.97 Å². The standard InChI is InChI=1S/C14H17ClN2O4/c1-9(18)17-12(10-3-5-11(15)6-4-10)7-13(19)16-8-14(20)21-2/h3-6,12H,7-8H2,1-2H3,(H,16,19)(H,17,18). The van der Waals surface area contributed by atoms with Gasteiger partial charge in [0.25, 0.3) is 0 Å². The monoisotopic (exact) mass is 312 g/mol. The lowest BCUT2D eigenvalue weighted by molar-refractivity contribution is -0.141. The summed E-state index contributed by atoms with van der Waals surface area (Å²) in [5.74, 6) is -1.16. The van der Waals surface area contributed by atoms with Crippen LogP contribution in [0.3, 0.4) is 0 Å². The number of ether oxygens (including phenoxy) is 1. The van der Waals surface area contributed by atoms with Gasteiger partial charge in [-0.2, -0.15) is 0 Å². The molecule has 114 valence electrons. The Hall–Kier alpha value is -2.08. The molecular formula is C14H17ClN2O4. The van der Waals surface area contributed by atoms with Crippen LogP contribution >= 0.6 is 11.6 Å². The molecule has 2 N–H and O–H groups in total. The van der Waals surface area contributed by atoms with Gasteiger partial charge in [0, 0.05) is 11.9 Å². The Labute approximate surface area is 127 Å². The molecule has 0 bridgehead atoms. The normalized spacial score (nSPS) is 11.4. The summed E-state index contributed by atoms with van der Waals surface area (Å²) in [4.78, 5) is 34.0. The number of hydrogen-bond donors (Lipinski definition) is 2. The second-order valence-corrected chi connectivity index (χ2v) is 4.80. The number of methoxy groups -OCH3 is 1. The zero-order chi connectivity index (χ0) is 15.8. The minimum Gasteiger partial charge on any atom is -0.468 e. The fourth-order valence-electron chi connectivity index (χ4n) is 1.69. The Balaban J connectivity index is 2.70. The van der Waals surface area contributed by atoms with E-state index in [1.54, 1.807) is 24.3 Å². The van der Waals surface area contributed by atoms with Crippen molar-refractivity contribution in [2.75, 3.05) is 13.7 Å². The number of esters is 1. The highest BCUT2D eigenvalue weighted by Gasteiger charge is 2.17. The summed E-state index contributed by atoms with van der Waals surface area (Å²) in [7, 11) is 1.24. The number of halogens is 1. The predicted octanol–water partition coefficient (Wildman–Crippen LogP) is 1.20. The van der Waals surface area contributed by atoms with Gasteiger partial charge in [-0.1, -0.05) is 23.7 Å². The summed E-state index contributed by atoms with van der Waals surface area (Å²) in [6.07, 6.45) is 0.0121. The van der Waals surface area contributed by atoms with E-state index >= 15 is 0 Å². The van der Waals surface area contributed by atoms with E-state index in [1.807, 2.05) is 0 Å². The van der Waals surface area contributed by atoms with E-state index in [4.69, 9.17) is 11.6 Å². The zero-order valence-corrected chi connectivity index (χ0v) is 12.6. The van der Waals surface area contributed by atoms with Crippen molar-refractivity contribution >= 4 is 29.4 Å². The van der Waals surface area contributed by atoms with Gasteiger partial charge in [-0.05, 0) is 17.7 Å². The molecule has 0 aliphatic heterocycles. The van der Waals surface area contributed by atoms with E-state index in [9.17, 15) is 14.4 Å². The molecule has 1 unspecified atom stereocenters. The van der Waals surface area contributed by atoms with Crippen molar-refractivity contribution in [3.05, 3.63) is 34.9 Å². The van der Waals surface area contributed by atoms with E-state index < -0.39 is 12.0 Å². The summed E-state index contributed by atoms with van der Waals surface area (Å²) < 4.78 is 4.43. The molecule has 1 aromatic carbocycles. The Morgan fingerprint density at radius 3 is 2.38 bits per heavy atom. The van der Waals surface area contributed by atoms with Crippen molar-refractivity contribution in [3.8, 4) is 0 Å². The number of amides is 2. The van der Waals surface area contributed by atoms with E-state index in [0.717, 1.165) is 5.56 Å². The largest absolute Gasteiger partial charge is 0.468 e. The molecule has 0 heterocycles. The molecule has 0 saturated carbocycles. The van der Waals surface area contributed by atoms with Crippen molar-refractivity contribution in [3.63, 3.8) is 0 Å². The first-order valence-electron chi connectivity index (χ1n) is 6.28. The minimum atomic E-state index is -0.536. The first-order chi connectivity index (χ1) is 9.92. The van der Waals surface area contributed by atoms with E-state index in [1.165, 1.54) is 14.0 Å². The first-order valence-corrected chi connectivity index (χ1v) is 6.66. The predicted molar refractivity (Wildman–Crippen MR) is 77.7 cm³/mol. The summed E-state index contributed by atoms with van der Waals surface area (Å²) in [6, 6.07) is 6.33. The van der Waals surface area contributed by atoms with Crippen LogP contribution in [-0.2, 0) is 19.1 Å². The van der Waals surface area contributed by atoms with Crippen molar-refractivity contribution in [1.29, 1.82) is 0 Å². The highest BCUT2D eigenvalue weighted by molar-refractivity contribution is 6.30. The summed E-state index contributed by atoms with van der Waals surface area (Å²) >= 11 is 5.81. The van der Waals surface area contributed by atoms with Gasteiger partial charge in [0.05, 0.1) is 19.6 Å². The van der Waals surface area contributed by atoms with Crippen molar-refractivity contribution < 1.29 is 19.1 Å². The highest BCUT2D eigenvalue weighted by Crippen LogP contribution is 2.19. The lowest BCUT2D eigenvalue weighted by Crippen LogP contribution is -2.35. The number of benzene rings is 1. The molecule has 7 heteroatoms. The van der Waals surface area contributed by atoms with E-state index in [-0.39, 0.29) is 24.8 Å². The lowest BCUT2D eigenvalue weighted by atomic mass is 10.0. The van der Waals surface area contributed by atoms with Gasteiger partial charge in [-0.3, -0.25) is 14.4 Å². The van der Waals surface area contributed by atoms with E-state index in [0.29, 0.717) is 5.02 Å². The van der Waals surface area contributed by atoms with Gasteiger partial charge in [-0.15, -0.1) is 0 Å². The summed E-state index contributed by atoms with van der Waals surface area (Å²) in [5, 5.41) is 5.68. The summed E-state index contributed by atoms with van der Waals surface area (Å²) in [6.45, 7) is 1.16. The molecular weight excluding hydrogens is 296 g/mol. The number of carbonyl (C=O) groups is 3. The third-order valence-electron chi connectivity index (χ3n) is 2.70. The number of rotatable bonds is 6. The highest BCUT2D eigenvalue weighted by atomic mass is 35.5. The van der Waals surface area contributed by atoms with Crippen LogP contribution in [0, 0.1) is 0 Å². The fourth-order valence-corrected chi connectivity index (χ4v) is 1.82. The third kappa shape index (κ3) is 6.27. The molecule has 0 aliphatic carbocycles. The van der Waals surface area contributed by atoms with Crippen molar-refractivity contribution in [2.24, 2.45) is 0 Å². The molecule has 0 fully saturated rings. The van der Waals surface area contributed by atoms with Gasteiger partial charge in [-0.25, -0.2) is 0 Å². The fraction of sp³-hybridized carbons (Fsp3) is 0.357. The number of carbonyl (C=O) groups excluding carboxylic acids is 3. The van der Waals surface area contributed by atoms with Gasteiger partial charge in [0.2, 0.25) is 11.8 Å². The molecule has 0 spiro atoms. The SMILES string of the molecule is COC(=O)CNC(=O)CC(NC(C)=O)c1ccc(Cl)cc1.